The molecule has 4 nitrogen and oxygen atoms in total. The van der Waals surface area contributed by atoms with E-state index in [1.165, 1.54) is 31.4 Å². The van der Waals surface area contributed by atoms with Crippen molar-refractivity contribution in [1.29, 1.82) is 0 Å². The molecule has 1 aliphatic rings. The van der Waals surface area contributed by atoms with Gasteiger partial charge in [-0.1, -0.05) is 32.3 Å². The van der Waals surface area contributed by atoms with E-state index in [2.05, 4.69) is 10.0 Å². The minimum Gasteiger partial charge on any atom is -0.313 e. The Balaban J connectivity index is 2.02. The van der Waals surface area contributed by atoms with Crippen molar-refractivity contribution < 1.29 is 12.8 Å². The van der Waals surface area contributed by atoms with Gasteiger partial charge in [-0.2, -0.15) is 0 Å². The number of hydrogen-bond acceptors (Lipinski definition) is 3. The smallest absolute Gasteiger partial charge is 0.243 e. The molecule has 6 heteroatoms. The highest BCUT2D eigenvalue weighted by Gasteiger charge is 2.21. The fourth-order valence-corrected chi connectivity index (χ4v) is 3.56. The van der Waals surface area contributed by atoms with Gasteiger partial charge in [0.25, 0.3) is 0 Å². The Bertz CT molecular complexity index is 571. The Morgan fingerprint density at radius 2 is 2.10 bits per heavy atom. The second-order valence-electron chi connectivity index (χ2n) is 5.53. The molecule has 0 aromatic heterocycles. The molecule has 1 fully saturated rings. The largest absolute Gasteiger partial charge is 0.313 e. The van der Waals surface area contributed by atoms with Crippen LogP contribution in [0.1, 0.15) is 38.2 Å². The molecule has 0 heterocycles. The van der Waals surface area contributed by atoms with Crippen LogP contribution >= 0.6 is 0 Å². The summed E-state index contributed by atoms with van der Waals surface area (Å²) < 4.78 is 40.7. The monoisotopic (exact) mass is 314 g/mol. The van der Waals surface area contributed by atoms with Gasteiger partial charge in [0, 0.05) is 13.1 Å². The molecule has 21 heavy (non-hydrogen) atoms. The van der Waals surface area contributed by atoms with Crippen molar-refractivity contribution in [2.45, 2.75) is 44.0 Å². The first-order chi connectivity index (χ1) is 10.0. The van der Waals surface area contributed by atoms with Crippen molar-refractivity contribution in [3.63, 3.8) is 0 Å². The van der Waals surface area contributed by atoms with E-state index in [0.29, 0.717) is 19.0 Å². The lowest BCUT2D eigenvalue weighted by molar-refractivity contribution is 0.297. The second-order valence-corrected chi connectivity index (χ2v) is 7.26. The summed E-state index contributed by atoms with van der Waals surface area (Å²) in [4.78, 5) is -0.258. The van der Waals surface area contributed by atoms with Crippen LogP contribution in [0.4, 0.5) is 4.39 Å². The van der Waals surface area contributed by atoms with E-state index in [1.54, 1.807) is 6.07 Å². The van der Waals surface area contributed by atoms with E-state index in [-0.39, 0.29) is 4.90 Å². The van der Waals surface area contributed by atoms with Gasteiger partial charge in [0.05, 0.1) is 0 Å². The predicted octanol–water partition coefficient (Wildman–Crippen LogP) is 2.40. The Morgan fingerprint density at radius 1 is 1.33 bits per heavy atom. The number of benzene rings is 1. The highest BCUT2D eigenvalue weighted by molar-refractivity contribution is 7.89. The Kier molecular flexibility index (Phi) is 5.72. The van der Waals surface area contributed by atoms with Gasteiger partial charge in [0.15, 0.2) is 0 Å². The van der Waals surface area contributed by atoms with Crippen molar-refractivity contribution >= 4 is 10.0 Å². The van der Waals surface area contributed by atoms with E-state index < -0.39 is 15.8 Å². The normalized spacial score (nSPS) is 15.9. The van der Waals surface area contributed by atoms with Crippen molar-refractivity contribution in [1.82, 2.24) is 10.0 Å². The van der Waals surface area contributed by atoms with Crippen LogP contribution in [0.5, 0.6) is 0 Å². The molecule has 1 aromatic carbocycles. The molecule has 0 unspecified atom stereocenters. The third kappa shape index (κ3) is 4.49. The molecule has 0 amide bonds. The topological polar surface area (TPSA) is 58.2 Å². The molecule has 0 saturated heterocycles. The number of nitrogens with one attached hydrogen (secondary N) is 2. The zero-order valence-electron chi connectivity index (χ0n) is 12.4. The maximum absolute atomic E-state index is 13.8. The summed E-state index contributed by atoms with van der Waals surface area (Å²) >= 11 is 0. The maximum Gasteiger partial charge on any atom is 0.243 e. The van der Waals surface area contributed by atoms with Gasteiger partial charge in [-0.3, -0.25) is 0 Å². The third-order valence-electron chi connectivity index (χ3n) is 3.93. The molecule has 0 atom stereocenters. The summed E-state index contributed by atoms with van der Waals surface area (Å²) in [7, 11) is -3.77. The fourth-order valence-electron chi connectivity index (χ4n) is 2.39. The van der Waals surface area contributed by atoms with Crippen LogP contribution in [-0.4, -0.2) is 21.5 Å². The molecule has 118 valence electrons. The standard InChI is InChI=1S/C15H23FN2O2S/c1-2-17-11-13-6-7-14(16)15(10-13)21(19,20)18-9-8-12-4-3-5-12/h6-7,10,12,17-18H,2-5,8-9,11H2,1H3. The van der Waals surface area contributed by atoms with Crippen molar-refractivity contribution in [3.05, 3.63) is 29.6 Å². The second kappa shape index (κ2) is 7.33. The zero-order valence-corrected chi connectivity index (χ0v) is 13.2. The van der Waals surface area contributed by atoms with Crippen molar-refractivity contribution in [3.8, 4) is 0 Å². The van der Waals surface area contributed by atoms with Gasteiger partial charge in [0.2, 0.25) is 10.0 Å². The summed E-state index contributed by atoms with van der Waals surface area (Å²) in [5, 5.41) is 3.10. The Hall–Kier alpha value is -0.980. The van der Waals surface area contributed by atoms with Crippen LogP contribution in [0.25, 0.3) is 0 Å². The maximum atomic E-state index is 13.8. The SMILES string of the molecule is CCNCc1ccc(F)c(S(=O)(=O)NCCC2CCC2)c1. The first-order valence-electron chi connectivity index (χ1n) is 7.51. The van der Waals surface area contributed by atoms with Crippen molar-refractivity contribution in [2.75, 3.05) is 13.1 Å². The quantitative estimate of drug-likeness (QED) is 0.775. The molecule has 0 aliphatic heterocycles. The third-order valence-corrected chi connectivity index (χ3v) is 5.41. The number of halogens is 1. The number of rotatable bonds is 8. The number of hydrogen-bond donors (Lipinski definition) is 2. The Morgan fingerprint density at radius 3 is 2.71 bits per heavy atom. The van der Waals surface area contributed by atoms with Crippen LogP contribution < -0.4 is 10.0 Å². The van der Waals surface area contributed by atoms with Crippen LogP contribution in [0.2, 0.25) is 0 Å². The minimum atomic E-state index is -3.77. The van der Waals surface area contributed by atoms with Gasteiger partial charge >= 0.3 is 0 Å². The van der Waals surface area contributed by atoms with E-state index in [0.717, 1.165) is 18.5 Å². The molecule has 0 radical (unpaired) electrons. The fraction of sp³-hybridized carbons (Fsp3) is 0.600. The predicted molar refractivity (Wildman–Crippen MR) is 80.9 cm³/mol. The highest BCUT2D eigenvalue weighted by Crippen LogP contribution is 2.29. The molecule has 0 bridgehead atoms. The average molecular weight is 314 g/mol. The lowest BCUT2D eigenvalue weighted by atomic mass is 9.83. The van der Waals surface area contributed by atoms with Crippen LogP contribution in [0.3, 0.4) is 0 Å². The number of sulfonamides is 1. The highest BCUT2D eigenvalue weighted by atomic mass is 32.2. The van der Waals surface area contributed by atoms with Gasteiger partial charge in [-0.15, -0.1) is 0 Å². The van der Waals surface area contributed by atoms with E-state index in [4.69, 9.17) is 0 Å². The lowest BCUT2D eigenvalue weighted by Gasteiger charge is -2.25. The van der Waals surface area contributed by atoms with Gasteiger partial charge in [-0.25, -0.2) is 17.5 Å². The molecule has 2 N–H and O–H groups in total. The Labute approximate surface area is 126 Å². The molecule has 0 spiro atoms. The summed E-state index contributed by atoms with van der Waals surface area (Å²) in [6.07, 6.45) is 4.42. The van der Waals surface area contributed by atoms with Gasteiger partial charge in [-0.05, 0) is 36.6 Å². The first-order valence-corrected chi connectivity index (χ1v) is 9.00. The summed E-state index contributed by atoms with van der Waals surface area (Å²) in [5.41, 5.74) is 0.762. The van der Waals surface area contributed by atoms with E-state index in [1.807, 2.05) is 6.92 Å². The molecule has 1 aliphatic carbocycles. The molecule has 1 aromatic rings. The zero-order chi connectivity index (χ0) is 15.3. The molecular formula is C15H23FN2O2S. The van der Waals surface area contributed by atoms with Crippen LogP contribution in [0, 0.1) is 11.7 Å². The minimum absolute atomic E-state index is 0.258. The lowest BCUT2D eigenvalue weighted by Crippen LogP contribution is -2.28. The first kappa shape index (κ1) is 16.4. The summed E-state index contributed by atoms with van der Waals surface area (Å²) in [6.45, 7) is 3.65. The molecular weight excluding hydrogens is 291 g/mol. The van der Waals surface area contributed by atoms with Gasteiger partial charge in [0.1, 0.15) is 10.7 Å². The van der Waals surface area contributed by atoms with Crippen LogP contribution in [0.15, 0.2) is 23.1 Å². The van der Waals surface area contributed by atoms with Gasteiger partial charge < -0.3 is 5.32 Å². The average Bonchev–Trinajstić information content (AvgIpc) is 2.40. The molecule has 2 rings (SSSR count). The van der Waals surface area contributed by atoms with E-state index >= 15 is 0 Å². The van der Waals surface area contributed by atoms with E-state index in [9.17, 15) is 12.8 Å². The summed E-state index contributed by atoms with van der Waals surface area (Å²) in [6, 6.07) is 4.22. The van der Waals surface area contributed by atoms with Crippen molar-refractivity contribution in [2.24, 2.45) is 5.92 Å². The molecule has 1 saturated carbocycles. The van der Waals surface area contributed by atoms with Crippen LogP contribution in [-0.2, 0) is 16.6 Å². The summed E-state index contributed by atoms with van der Waals surface area (Å²) in [5.74, 6) is -0.0796.